The van der Waals surface area contributed by atoms with E-state index in [0.717, 1.165) is 18.9 Å². The number of fused-ring (bicyclic) bond motifs is 2. The molecule has 2 aliphatic rings. The van der Waals surface area contributed by atoms with Crippen LogP contribution in [0, 0.1) is 35.2 Å². The summed E-state index contributed by atoms with van der Waals surface area (Å²) in [4.78, 5) is 12.4. The summed E-state index contributed by atoms with van der Waals surface area (Å²) in [6, 6.07) is 4.94. The van der Waals surface area contributed by atoms with E-state index in [2.05, 4.69) is 5.32 Å². The number of anilines is 1. The van der Waals surface area contributed by atoms with Crippen LogP contribution in [0.25, 0.3) is 0 Å². The zero-order valence-corrected chi connectivity index (χ0v) is 20.2. The summed E-state index contributed by atoms with van der Waals surface area (Å²) in [7, 11) is -3.93. The number of carbonyl (C=O) groups excluding carboxylic acids is 1. The van der Waals surface area contributed by atoms with E-state index >= 15 is 0 Å². The number of carbonyl (C=O) groups is 1. The minimum absolute atomic E-state index is 0.00500. The van der Waals surface area contributed by atoms with Crippen LogP contribution in [-0.4, -0.2) is 30.3 Å². The van der Waals surface area contributed by atoms with Gasteiger partial charge in [-0.3, -0.25) is 4.79 Å². The van der Waals surface area contributed by atoms with Crippen LogP contribution in [0.1, 0.15) is 49.9 Å². The largest absolute Gasteiger partial charge is 0.389 e. The molecule has 0 spiro atoms. The molecule has 0 heterocycles. The third-order valence-electron chi connectivity index (χ3n) is 7.37. The van der Waals surface area contributed by atoms with Gasteiger partial charge in [-0.05, 0) is 61.6 Å². The number of amides is 1. The second kappa shape index (κ2) is 8.84. The first-order valence-corrected chi connectivity index (χ1v) is 13.0. The SMILES string of the molecule is CC(C)C1(O)[C@@H]2CC[C@H]1CC(S(=O)(=O)c1cc(C(=O)Nc3cc(F)c(F)c(F)c3)ccc1Cl)C2. The first-order valence-electron chi connectivity index (χ1n) is 11.1. The molecule has 4 atom stereocenters. The maximum Gasteiger partial charge on any atom is 0.255 e. The molecule has 2 bridgehead atoms. The minimum Gasteiger partial charge on any atom is -0.389 e. The summed E-state index contributed by atoms with van der Waals surface area (Å²) in [5, 5.41) is 12.7. The molecule has 2 unspecified atom stereocenters. The monoisotopic (exact) mass is 515 g/mol. The number of nitrogens with one attached hydrogen (secondary N) is 1. The molecular formula is C24H25ClF3NO4S. The fraction of sp³-hybridized carbons (Fsp3) is 0.458. The van der Waals surface area contributed by atoms with E-state index in [9.17, 15) is 31.5 Å². The molecule has 2 aliphatic carbocycles. The van der Waals surface area contributed by atoms with Gasteiger partial charge in [-0.2, -0.15) is 0 Å². The second-order valence-corrected chi connectivity index (χ2v) is 12.1. The van der Waals surface area contributed by atoms with E-state index in [4.69, 9.17) is 11.6 Å². The minimum atomic E-state index is -3.93. The molecule has 5 nitrogen and oxygen atoms in total. The lowest BCUT2D eigenvalue weighted by Gasteiger charge is -2.45. The van der Waals surface area contributed by atoms with E-state index in [0.29, 0.717) is 25.0 Å². The van der Waals surface area contributed by atoms with Crippen molar-refractivity contribution in [3.63, 3.8) is 0 Å². The fourth-order valence-electron chi connectivity index (χ4n) is 5.61. The van der Waals surface area contributed by atoms with Crippen LogP contribution in [-0.2, 0) is 9.84 Å². The molecule has 10 heteroatoms. The Hall–Kier alpha value is -2.10. The second-order valence-electron chi connectivity index (χ2n) is 9.50. The number of halogens is 4. The van der Waals surface area contributed by atoms with Gasteiger partial charge in [0.1, 0.15) is 0 Å². The van der Waals surface area contributed by atoms with Crippen LogP contribution in [0.2, 0.25) is 5.02 Å². The Morgan fingerprint density at radius 2 is 1.65 bits per heavy atom. The third kappa shape index (κ3) is 4.12. The summed E-state index contributed by atoms with van der Waals surface area (Å²) >= 11 is 6.22. The third-order valence-corrected chi connectivity index (χ3v) is 10.0. The Labute approximate surface area is 201 Å². The molecule has 2 aromatic rings. The van der Waals surface area contributed by atoms with E-state index < -0.39 is 44.0 Å². The van der Waals surface area contributed by atoms with Crippen molar-refractivity contribution in [1.82, 2.24) is 0 Å². The fourth-order valence-corrected chi connectivity index (χ4v) is 8.01. The van der Waals surface area contributed by atoms with Gasteiger partial charge < -0.3 is 10.4 Å². The lowest BCUT2D eigenvalue weighted by molar-refractivity contribution is -0.0943. The maximum absolute atomic E-state index is 13.5. The molecule has 184 valence electrons. The zero-order valence-electron chi connectivity index (χ0n) is 18.6. The molecule has 0 saturated heterocycles. The van der Waals surface area contributed by atoms with Crippen LogP contribution in [0.3, 0.4) is 0 Å². The summed E-state index contributed by atoms with van der Waals surface area (Å²) in [6.45, 7) is 3.88. The first-order chi connectivity index (χ1) is 15.9. The Morgan fingerprint density at radius 3 is 2.18 bits per heavy atom. The summed E-state index contributed by atoms with van der Waals surface area (Å²) < 4.78 is 67.2. The predicted molar refractivity (Wildman–Crippen MR) is 122 cm³/mol. The molecule has 2 aromatic carbocycles. The van der Waals surface area contributed by atoms with Gasteiger partial charge in [-0.15, -0.1) is 0 Å². The van der Waals surface area contributed by atoms with Crippen molar-refractivity contribution in [3.8, 4) is 0 Å². The Kier molecular flexibility index (Phi) is 6.50. The average molecular weight is 516 g/mol. The van der Waals surface area contributed by atoms with Crippen molar-refractivity contribution in [2.75, 3.05) is 5.32 Å². The quantitative estimate of drug-likeness (QED) is 0.525. The highest BCUT2D eigenvalue weighted by Gasteiger charge is 2.56. The lowest BCUT2D eigenvalue weighted by atomic mass is 9.68. The smallest absolute Gasteiger partial charge is 0.255 e. The molecule has 0 radical (unpaired) electrons. The molecule has 34 heavy (non-hydrogen) atoms. The highest BCUT2D eigenvalue weighted by Crippen LogP contribution is 2.55. The average Bonchev–Trinajstić information content (AvgIpc) is 2.94. The Balaban J connectivity index is 1.60. The van der Waals surface area contributed by atoms with Gasteiger partial charge in [0, 0.05) is 23.4 Å². The van der Waals surface area contributed by atoms with Crippen LogP contribution in [0.5, 0.6) is 0 Å². The number of hydrogen-bond donors (Lipinski definition) is 2. The summed E-state index contributed by atoms with van der Waals surface area (Å²) in [6.07, 6.45) is 2.11. The summed E-state index contributed by atoms with van der Waals surface area (Å²) in [5.74, 6) is -5.71. The predicted octanol–water partition coefficient (Wildman–Crippen LogP) is 5.36. The normalized spacial score (nSPS) is 26.6. The van der Waals surface area contributed by atoms with Gasteiger partial charge in [0.05, 0.1) is 20.8 Å². The highest BCUT2D eigenvalue weighted by atomic mass is 35.5. The molecular weight excluding hydrogens is 491 g/mol. The van der Waals surface area contributed by atoms with Gasteiger partial charge in [0.25, 0.3) is 5.91 Å². The van der Waals surface area contributed by atoms with Crippen LogP contribution >= 0.6 is 11.6 Å². The van der Waals surface area contributed by atoms with Crippen molar-refractivity contribution in [3.05, 3.63) is 58.4 Å². The van der Waals surface area contributed by atoms with E-state index in [-0.39, 0.29) is 38.9 Å². The van der Waals surface area contributed by atoms with E-state index in [1.165, 1.54) is 12.1 Å². The standard InChI is InChI=1S/C24H25ClF3NO4S/c1-12(2)24(31)14-4-5-15(24)9-17(8-14)34(32,33)21-7-13(3-6-18(21)25)23(30)29-16-10-19(26)22(28)20(27)11-16/h3,6-7,10-12,14-15,17,31H,4-5,8-9H2,1-2H3,(H,29,30)/t14-,15+,17?,24?. The highest BCUT2D eigenvalue weighted by molar-refractivity contribution is 7.92. The number of rotatable bonds is 5. The first kappa shape index (κ1) is 25.0. The van der Waals surface area contributed by atoms with Crippen LogP contribution in [0.4, 0.5) is 18.9 Å². The number of aliphatic hydroxyl groups is 1. The van der Waals surface area contributed by atoms with Crippen LogP contribution < -0.4 is 5.32 Å². The molecule has 0 aliphatic heterocycles. The van der Waals surface area contributed by atoms with Gasteiger partial charge in [-0.1, -0.05) is 25.4 Å². The number of benzene rings is 2. The molecule has 2 saturated carbocycles. The Morgan fingerprint density at radius 1 is 1.09 bits per heavy atom. The molecule has 4 rings (SSSR count). The van der Waals surface area contributed by atoms with Crippen molar-refractivity contribution >= 4 is 33.0 Å². The van der Waals surface area contributed by atoms with Gasteiger partial charge in [0.15, 0.2) is 27.3 Å². The van der Waals surface area contributed by atoms with E-state index in [1.54, 1.807) is 0 Å². The van der Waals surface area contributed by atoms with Crippen molar-refractivity contribution in [2.45, 2.75) is 55.3 Å². The topological polar surface area (TPSA) is 83.5 Å². The maximum atomic E-state index is 13.5. The van der Waals surface area contributed by atoms with E-state index in [1.807, 2.05) is 13.8 Å². The zero-order chi connectivity index (χ0) is 25.0. The van der Waals surface area contributed by atoms with Crippen LogP contribution in [0.15, 0.2) is 35.2 Å². The van der Waals surface area contributed by atoms with Gasteiger partial charge in [0.2, 0.25) is 0 Å². The number of hydrogen-bond acceptors (Lipinski definition) is 4. The lowest BCUT2D eigenvalue weighted by Crippen LogP contribution is -2.51. The van der Waals surface area contributed by atoms with Crippen molar-refractivity contribution < 1.29 is 31.5 Å². The van der Waals surface area contributed by atoms with Crippen molar-refractivity contribution in [1.29, 1.82) is 0 Å². The number of sulfone groups is 1. The molecule has 2 N–H and O–H groups in total. The molecule has 0 aromatic heterocycles. The van der Waals surface area contributed by atoms with Gasteiger partial charge in [-0.25, -0.2) is 21.6 Å². The van der Waals surface area contributed by atoms with Crippen molar-refractivity contribution in [2.24, 2.45) is 17.8 Å². The Bertz CT molecular complexity index is 1210. The van der Waals surface area contributed by atoms with Gasteiger partial charge >= 0.3 is 0 Å². The summed E-state index contributed by atoms with van der Waals surface area (Å²) in [5.41, 5.74) is -1.31. The molecule has 2 fully saturated rings. The molecule has 1 amide bonds.